The molecule has 8 heteroatoms. The van der Waals surface area contributed by atoms with Crippen molar-refractivity contribution in [2.75, 3.05) is 4.72 Å². The Morgan fingerprint density at radius 2 is 1.50 bits per heavy atom. The molecule has 0 atom stereocenters. The fraction of sp³-hybridized carbons (Fsp3) is 0.107. The van der Waals surface area contributed by atoms with Crippen molar-refractivity contribution in [3.05, 3.63) is 108 Å². The SMILES string of the molecule is Cc1nn(Cc2ccccc2)c(C)c1S(=O)(=O)Nc1cc(Sc2ccccc2)c(O)c2ccccc12. The number of aromatic nitrogens is 2. The maximum atomic E-state index is 13.7. The molecule has 0 saturated carbocycles. The minimum Gasteiger partial charge on any atom is -0.506 e. The van der Waals surface area contributed by atoms with Gasteiger partial charge in [-0.2, -0.15) is 5.10 Å². The number of hydrogen-bond acceptors (Lipinski definition) is 5. The van der Waals surface area contributed by atoms with Crippen molar-refractivity contribution in [2.24, 2.45) is 0 Å². The number of fused-ring (bicyclic) bond motifs is 1. The van der Waals surface area contributed by atoms with Crippen LogP contribution in [-0.2, 0) is 16.6 Å². The van der Waals surface area contributed by atoms with Gasteiger partial charge >= 0.3 is 0 Å². The van der Waals surface area contributed by atoms with Crippen LogP contribution in [0.1, 0.15) is 17.0 Å². The lowest BCUT2D eigenvalue weighted by molar-refractivity contribution is 0.469. The molecule has 0 amide bonds. The Morgan fingerprint density at radius 1 is 0.889 bits per heavy atom. The molecule has 36 heavy (non-hydrogen) atoms. The molecule has 2 N–H and O–H groups in total. The number of nitrogens with zero attached hydrogens (tertiary/aromatic N) is 2. The molecule has 0 aliphatic carbocycles. The first-order chi connectivity index (χ1) is 17.3. The zero-order valence-corrected chi connectivity index (χ0v) is 21.5. The number of aromatic hydroxyl groups is 1. The lowest BCUT2D eigenvalue weighted by atomic mass is 10.1. The molecule has 4 aromatic carbocycles. The zero-order valence-electron chi connectivity index (χ0n) is 19.8. The average molecular weight is 516 g/mol. The molecule has 0 saturated heterocycles. The summed E-state index contributed by atoms with van der Waals surface area (Å²) < 4.78 is 31.8. The normalized spacial score (nSPS) is 11.6. The third kappa shape index (κ3) is 4.69. The molecule has 1 heterocycles. The van der Waals surface area contributed by atoms with E-state index in [1.807, 2.05) is 72.8 Å². The Kier molecular flexibility index (Phi) is 6.47. The highest BCUT2D eigenvalue weighted by atomic mass is 32.2. The fourth-order valence-corrected chi connectivity index (χ4v) is 6.70. The highest BCUT2D eigenvalue weighted by Gasteiger charge is 2.26. The predicted molar refractivity (Wildman–Crippen MR) is 144 cm³/mol. The summed E-state index contributed by atoms with van der Waals surface area (Å²) in [6.45, 7) is 3.95. The summed E-state index contributed by atoms with van der Waals surface area (Å²) in [5.74, 6) is 0.116. The van der Waals surface area contributed by atoms with E-state index in [0.29, 0.717) is 39.3 Å². The molecule has 0 radical (unpaired) electrons. The first-order valence-electron chi connectivity index (χ1n) is 11.4. The topological polar surface area (TPSA) is 84.2 Å². The zero-order chi connectivity index (χ0) is 25.3. The van der Waals surface area contributed by atoms with E-state index >= 15 is 0 Å². The molecule has 0 fully saturated rings. The van der Waals surface area contributed by atoms with Crippen molar-refractivity contribution in [1.29, 1.82) is 0 Å². The second-order valence-electron chi connectivity index (χ2n) is 8.48. The first-order valence-corrected chi connectivity index (χ1v) is 13.7. The third-order valence-electron chi connectivity index (χ3n) is 5.96. The Bertz CT molecular complexity index is 1650. The van der Waals surface area contributed by atoms with Gasteiger partial charge in [0.05, 0.1) is 28.5 Å². The second kappa shape index (κ2) is 9.72. The summed E-state index contributed by atoms with van der Waals surface area (Å²) >= 11 is 1.38. The number of aryl methyl sites for hydroxylation is 1. The quantitative estimate of drug-likeness (QED) is 0.247. The Labute approximate surface area is 214 Å². The van der Waals surface area contributed by atoms with Gasteiger partial charge in [-0.3, -0.25) is 9.40 Å². The number of nitrogens with one attached hydrogen (secondary N) is 1. The first kappa shape index (κ1) is 24.0. The molecule has 0 bridgehead atoms. The molecule has 0 aliphatic rings. The molecule has 0 spiro atoms. The van der Waals surface area contributed by atoms with E-state index in [1.165, 1.54) is 11.8 Å². The lowest BCUT2D eigenvalue weighted by Crippen LogP contribution is -2.15. The summed E-state index contributed by atoms with van der Waals surface area (Å²) in [4.78, 5) is 1.66. The summed E-state index contributed by atoms with van der Waals surface area (Å²) in [5.41, 5.74) is 2.42. The van der Waals surface area contributed by atoms with Crippen molar-refractivity contribution in [3.8, 4) is 5.75 Å². The second-order valence-corrected chi connectivity index (χ2v) is 11.2. The van der Waals surface area contributed by atoms with Gasteiger partial charge in [0.1, 0.15) is 10.6 Å². The maximum absolute atomic E-state index is 13.7. The van der Waals surface area contributed by atoms with E-state index < -0.39 is 10.0 Å². The number of rotatable bonds is 7. The largest absolute Gasteiger partial charge is 0.506 e. The van der Waals surface area contributed by atoms with Crippen LogP contribution in [0.3, 0.4) is 0 Å². The van der Waals surface area contributed by atoms with Crippen LogP contribution in [0, 0.1) is 13.8 Å². The van der Waals surface area contributed by atoms with Crippen LogP contribution in [0.25, 0.3) is 10.8 Å². The van der Waals surface area contributed by atoms with Crippen molar-refractivity contribution < 1.29 is 13.5 Å². The monoisotopic (exact) mass is 515 g/mol. The number of phenols is 1. The lowest BCUT2D eigenvalue weighted by Gasteiger charge is -2.15. The maximum Gasteiger partial charge on any atom is 0.265 e. The minimum absolute atomic E-state index is 0.116. The molecule has 0 unspecified atom stereocenters. The van der Waals surface area contributed by atoms with E-state index in [-0.39, 0.29) is 10.6 Å². The smallest absolute Gasteiger partial charge is 0.265 e. The van der Waals surface area contributed by atoms with Crippen molar-refractivity contribution >= 4 is 38.2 Å². The Balaban J connectivity index is 1.55. The van der Waals surface area contributed by atoms with Gasteiger partial charge in [0.25, 0.3) is 10.0 Å². The molecular weight excluding hydrogens is 490 g/mol. The van der Waals surface area contributed by atoms with Gasteiger partial charge < -0.3 is 5.11 Å². The standard InChI is InChI=1S/C28H25N3O3S2/c1-19-28(20(2)31(29-19)18-21-11-5-3-6-12-21)36(33,34)30-25-17-26(35-22-13-7-4-8-14-22)27(32)24-16-10-9-15-23(24)25/h3-17,30,32H,18H2,1-2H3. The molecule has 5 rings (SSSR count). The van der Waals surface area contributed by atoms with Crippen LogP contribution < -0.4 is 4.72 Å². The van der Waals surface area contributed by atoms with Gasteiger partial charge in [0, 0.05) is 15.7 Å². The van der Waals surface area contributed by atoms with Crippen LogP contribution in [0.5, 0.6) is 5.75 Å². The summed E-state index contributed by atoms with van der Waals surface area (Å²) in [5, 5.41) is 16.7. The fourth-order valence-electron chi connectivity index (χ4n) is 4.29. The Morgan fingerprint density at radius 3 is 2.19 bits per heavy atom. The number of phenolic OH excluding ortho intramolecular Hbond substituents is 1. The van der Waals surface area contributed by atoms with E-state index in [2.05, 4.69) is 9.82 Å². The molecule has 6 nitrogen and oxygen atoms in total. The molecule has 0 aliphatic heterocycles. The third-order valence-corrected chi connectivity index (χ3v) is 8.61. The van der Waals surface area contributed by atoms with Crippen LogP contribution >= 0.6 is 11.8 Å². The van der Waals surface area contributed by atoms with Gasteiger partial charge in [0.2, 0.25) is 0 Å². The van der Waals surface area contributed by atoms with E-state index in [9.17, 15) is 13.5 Å². The van der Waals surface area contributed by atoms with Gasteiger partial charge in [-0.25, -0.2) is 8.42 Å². The van der Waals surface area contributed by atoms with Gasteiger partial charge in [-0.15, -0.1) is 0 Å². The number of anilines is 1. The number of benzene rings is 4. The van der Waals surface area contributed by atoms with Gasteiger partial charge in [-0.1, -0.05) is 84.6 Å². The highest BCUT2D eigenvalue weighted by Crippen LogP contribution is 2.43. The number of hydrogen-bond donors (Lipinski definition) is 2. The molecule has 5 aromatic rings. The van der Waals surface area contributed by atoms with Crippen molar-refractivity contribution in [1.82, 2.24) is 9.78 Å². The molecular formula is C28H25N3O3S2. The molecule has 182 valence electrons. The van der Waals surface area contributed by atoms with Gasteiger partial charge in [0.15, 0.2) is 0 Å². The van der Waals surface area contributed by atoms with Crippen LogP contribution in [-0.4, -0.2) is 23.3 Å². The highest BCUT2D eigenvalue weighted by molar-refractivity contribution is 7.99. The van der Waals surface area contributed by atoms with E-state index in [1.54, 1.807) is 36.7 Å². The minimum atomic E-state index is -3.96. The van der Waals surface area contributed by atoms with Crippen molar-refractivity contribution in [3.63, 3.8) is 0 Å². The van der Waals surface area contributed by atoms with E-state index in [0.717, 1.165) is 10.5 Å². The van der Waals surface area contributed by atoms with Crippen LogP contribution in [0.2, 0.25) is 0 Å². The molecule has 1 aromatic heterocycles. The van der Waals surface area contributed by atoms with Crippen molar-refractivity contribution in [2.45, 2.75) is 35.1 Å². The van der Waals surface area contributed by atoms with Crippen LogP contribution in [0.15, 0.2) is 106 Å². The van der Waals surface area contributed by atoms with E-state index in [4.69, 9.17) is 0 Å². The predicted octanol–water partition coefficient (Wildman–Crippen LogP) is 6.36. The Hall–Kier alpha value is -3.75. The van der Waals surface area contributed by atoms with Crippen LogP contribution in [0.4, 0.5) is 5.69 Å². The van der Waals surface area contributed by atoms with Gasteiger partial charge in [-0.05, 0) is 37.6 Å². The number of sulfonamides is 1. The average Bonchev–Trinajstić information content (AvgIpc) is 3.16. The summed E-state index contributed by atoms with van der Waals surface area (Å²) in [6.07, 6.45) is 0. The summed E-state index contributed by atoms with van der Waals surface area (Å²) in [6, 6.07) is 28.3. The summed E-state index contributed by atoms with van der Waals surface area (Å²) in [7, 11) is -3.96.